The number of hydrogen-bond donors (Lipinski definition) is 2. The molecule has 0 spiro atoms. The third-order valence-corrected chi connectivity index (χ3v) is 3.46. The Morgan fingerprint density at radius 3 is 2.40 bits per heavy atom. The molecule has 0 radical (unpaired) electrons. The van der Waals surface area contributed by atoms with Crippen LogP contribution in [0.1, 0.15) is 29.7 Å². The second-order valence-electron chi connectivity index (χ2n) is 4.81. The van der Waals surface area contributed by atoms with Crippen LogP contribution in [0.4, 0.5) is 10.1 Å². The van der Waals surface area contributed by atoms with Gasteiger partial charge in [0.2, 0.25) is 0 Å². The summed E-state index contributed by atoms with van der Waals surface area (Å²) in [7, 11) is 0. The lowest BCUT2D eigenvalue weighted by Gasteiger charge is -2.17. The zero-order valence-electron chi connectivity index (χ0n) is 11.5. The molecule has 20 heavy (non-hydrogen) atoms. The number of halogens is 1. The first kappa shape index (κ1) is 14.5. The molecule has 0 aliphatic rings. The number of rotatable bonds is 4. The summed E-state index contributed by atoms with van der Waals surface area (Å²) in [5.74, 6) is -0.224. The highest BCUT2D eigenvalue weighted by molar-refractivity contribution is 7.80. The van der Waals surface area contributed by atoms with Gasteiger partial charge in [-0.25, -0.2) is 4.39 Å². The molecule has 0 aliphatic carbocycles. The van der Waals surface area contributed by atoms with Crippen LogP contribution in [0.3, 0.4) is 0 Å². The molecule has 0 fully saturated rings. The van der Waals surface area contributed by atoms with E-state index in [4.69, 9.17) is 18.0 Å². The van der Waals surface area contributed by atoms with E-state index in [0.717, 1.165) is 22.4 Å². The Morgan fingerprint density at radius 2 is 1.85 bits per heavy atom. The topological polar surface area (TPSA) is 38.0 Å². The van der Waals surface area contributed by atoms with Crippen LogP contribution in [-0.4, -0.2) is 4.99 Å². The van der Waals surface area contributed by atoms with Gasteiger partial charge in [-0.15, -0.1) is 0 Å². The molecule has 0 saturated carbocycles. The summed E-state index contributed by atoms with van der Waals surface area (Å²) in [6.45, 7) is 4.01. The number of anilines is 1. The highest BCUT2D eigenvalue weighted by Gasteiger charge is 2.07. The van der Waals surface area contributed by atoms with Crippen LogP contribution < -0.4 is 11.1 Å². The maximum absolute atomic E-state index is 12.9. The highest BCUT2D eigenvalue weighted by atomic mass is 32.1. The Bertz CT molecular complexity index is 623. The molecule has 0 saturated heterocycles. The molecular formula is C16H17FN2S. The van der Waals surface area contributed by atoms with Crippen LogP contribution in [0.15, 0.2) is 42.5 Å². The van der Waals surface area contributed by atoms with Crippen molar-refractivity contribution in [3.63, 3.8) is 0 Å². The minimum atomic E-state index is -0.224. The zero-order chi connectivity index (χ0) is 14.7. The lowest BCUT2D eigenvalue weighted by Crippen LogP contribution is -2.12. The first-order valence-electron chi connectivity index (χ1n) is 6.40. The van der Waals surface area contributed by atoms with E-state index in [1.165, 1.54) is 12.1 Å². The monoisotopic (exact) mass is 288 g/mol. The van der Waals surface area contributed by atoms with Crippen LogP contribution in [-0.2, 0) is 0 Å². The molecule has 3 N–H and O–H groups in total. The standard InChI is InChI=1S/C16H17FN2S/c1-10-9-14(7-8-15(10)16(18)20)19-11(2)12-3-5-13(17)6-4-12/h3-9,11,19H,1-2H3,(H2,18,20). The lowest BCUT2D eigenvalue weighted by molar-refractivity contribution is 0.626. The second-order valence-corrected chi connectivity index (χ2v) is 5.25. The summed E-state index contributed by atoms with van der Waals surface area (Å²) in [5.41, 5.74) is 9.59. The third-order valence-electron chi connectivity index (χ3n) is 3.25. The first-order chi connectivity index (χ1) is 9.47. The summed E-state index contributed by atoms with van der Waals surface area (Å²) >= 11 is 4.99. The molecule has 0 aliphatic heterocycles. The van der Waals surface area contributed by atoms with Gasteiger partial charge in [0.25, 0.3) is 0 Å². The first-order valence-corrected chi connectivity index (χ1v) is 6.80. The van der Waals surface area contributed by atoms with E-state index < -0.39 is 0 Å². The second kappa shape index (κ2) is 6.01. The maximum atomic E-state index is 12.9. The SMILES string of the molecule is Cc1cc(NC(C)c2ccc(F)cc2)ccc1C(N)=S. The van der Waals surface area contributed by atoms with Crippen molar-refractivity contribution < 1.29 is 4.39 Å². The number of benzene rings is 2. The molecule has 0 heterocycles. The molecule has 2 aromatic carbocycles. The smallest absolute Gasteiger partial charge is 0.123 e. The minimum absolute atomic E-state index is 0.0886. The Kier molecular flexibility index (Phi) is 4.35. The fourth-order valence-electron chi connectivity index (χ4n) is 2.11. The molecule has 0 aromatic heterocycles. The van der Waals surface area contributed by atoms with Crippen molar-refractivity contribution in [2.45, 2.75) is 19.9 Å². The van der Waals surface area contributed by atoms with Crippen molar-refractivity contribution in [2.24, 2.45) is 5.73 Å². The van der Waals surface area contributed by atoms with E-state index in [9.17, 15) is 4.39 Å². The highest BCUT2D eigenvalue weighted by Crippen LogP contribution is 2.21. The summed E-state index contributed by atoms with van der Waals surface area (Å²) in [6, 6.07) is 12.5. The van der Waals surface area contributed by atoms with Gasteiger partial charge in [-0.3, -0.25) is 0 Å². The van der Waals surface area contributed by atoms with Gasteiger partial charge < -0.3 is 11.1 Å². The van der Waals surface area contributed by atoms with E-state index in [-0.39, 0.29) is 11.9 Å². The van der Waals surface area contributed by atoms with Gasteiger partial charge in [0.05, 0.1) is 0 Å². The summed E-state index contributed by atoms with van der Waals surface area (Å²) in [6.07, 6.45) is 0. The van der Waals surface area contributed by atoms with Crippen molar-refractivity contribution in [3.8, 4) is 0 Å². The molecule has 2 rings (SSSR count). The van der Waals surface area contributed by atoms with Crippen LogP contribution >= 0.6 is 12.2 Å². The minimum Gasteiger partial charge on any atom is -0.389 e. The van der Waals surface area contributed by atoms with Crippen molar-refractivity contribution in [3.05, 3.63) is 65.0 Å². The zero-order valence-corrected chi connectivity index (χ0v) is 12.3. The van der Waals surface area contributed by atoms with Gasteiger partial charge in [0, 0.05) is 17.3 Å². The molecule has 1 unspecified atom stereocenters. The quantitative estimate of drug-likeness (QED) is 0.837. The van der Waals surface area contributed by atoms with Crippen LogP contribution in [0.25, 0.3) is 0 Å². The van der Waals surface area contributed by atoms with E-state index in [0.29, 0.717) is 4.99 Å². The number of thiocarbonyl (C=S) groups is 1. The number of hydrogen-bond acceptors (Lipinski definition) is 2. The molecule has 2 nitrogen and oxygen atoms in total. The number of aryl methyl sites for hydroxylation is 1. The van der Waals surface area contributed by atoms with Gasteiger partial charge in [0.15, 0.2) is 0 Å². The Labute approximate surface area is 123 Å². The summed E-state index contributed by atoms with van der Waals surface area (Å²) < 4.78 is 12.9. The Morgan fingerprint density at radius 1 is 1.20 bits per heavy atom. The van der Waals surface area contributed by atoms with Crippen molar-refractivity contribution >= 4 is 22.9 Å². The van der Waals surface area contributed by atoms with E-state index in [2.05, 4.69) is 5.32 Å². The van der Waals surface area contributed by atoms with Gasteiger partial charge in [-0.2, -0.15) is 0 Å². The van der Waals surface area contributed by atoms with E-state index in [1.807, 2.05) is 32.0 Å². The molecule has 4 heteroatoms. The molecule has 0 bridgehead atoms. The van der Waals surface area contributed by atoms with Crippen LogP contribution in [0.2, 0.25) is 0 Å². The lowest BCUT2D eigenvalue weighted by atomic mass is 10.1. The Balaban J connectivity index is 2.15. The summed E-state index contributed by atoms with van der Waals surface area (Å²) in [4.78, 5) is 0.403. The fourth-order valence-corrected chi connectivity index (χ4v) is 2.34. The molecule has 104 valence electrons. The average Bonchev–Trinajstić information content (AvgIpc) is 2.39. The molecule has 0 amide bonds. The van der Waals surface area contributed by atoms with E-state index in [1.54, 1.807) is 12.1 Å². The third kappa shape index (κ3) is 3.33. The van der Waals surface area contributed by atoms with Crippen molar-refractivity contribution in [1.29, 1.82) is 0 Å². The largest absolute Gasteiger partial charge is 0.389 e. The predicted molar refractivity (Wildman–Crippen MR) is 85.5 cm³/mol. The number of nitrogens with two attached hydrogens (primary N) is 1. The van der Waals surface area contributed by atoms with Crippen LogP contribution in [0.5, 0.6) is 0 Å². The van der Waals surface area contributed by atoms with E-state index >= 15 is 0 Å². The Hall–Kier alpha value is -1.94. The summed E-state index contributed by atoms with van der Waals surface area (Å²) in [5, 5.41) is 3.38. The number of nitrogens with one attached hydrogen (secondary N) is 1. The van der Waals surface area contributed by atoms with Crippen molar-refractivity contribution in [1.82, 2.24) is 0 Å². The van der Waals surface area contributed by atoms with Gasteiger partial charge in [-0.1, -0.05) is 24.4 Å². The van der Waals surface area contributed by atoms with Gasteiger partial charge in [0.1, 0.15) is 10.8 Å². The fraction of sp³-hybridized carbons (Fsp3) is 0.188. The predicted octanol–water partition coefficient (Wildman–Crippen LogP) is 3.94. The van der Waals surface area contributed by atoms with Crippen molar-refractivity contribution in [2.75, 3.05) is 5.32 Å². The van der Waals surface area contributed by atoms with Gasteiger partial charge in [-0.05, 0) is 55.3 Å². The molecular weight excluding hydrogens is 271 g/mol. The van der Waals surface area contributed by atoms with Gasteiger partial charge >= 0.3 is 0 Å². The maximum Gasteiger partial charge on any atom is 0.123 e. The average molecular weight is 288 g/mol. The molecule has 1 atom stereocenters. The van der Waals surface area contributed by atoms with Crippen LogP contribution in [0, 0.1) is 12.7 Å². The normalized spacial score (nSPS) is 11.9. The molecule has 2 aromatic rings.